The van der Waals surface area contributed by atoms with Gasteiger partial charge < -0.3 is 0 Å². The van der Waals surface area contributed by atoms with Gasteiger partial charge in [-0.3, -0.25) is 0 Å². The molecule has 0 fully saturated rings. The van der Waals surface area contributed by atoms with Crippen LogP contribution >= 0.6 is 0 Å². The van der Waals surface area contributed by atoms with Gasteiger partial charge in [-0.1, -0.05) is 0 Å². The van der Waals surface area contributed by atoms with Gasteiger partial charge >= 0.3 is 55.8 Å². The van der Waals surface area contributed by atoms with Crippen molar-refractivity contribution in [1.29, 1.82) is 0 Å². The number of hydrogen-bond donors (Lipinski definition) is 0. The number of hydrogen-bond acceptors (Lipinski definition) is 0. The zero-order valence-corrected chi connectivity index (χ0v) is 7.24. The first kappa shape index (κ1) is 11.8. The van der Waals surface area contributed by atoms with Crippen molar-refractivity contribution < 1.29 is 36.4 Å². The second kappa shape index (κ2) is 1.54. The average Bonchev–Trinajstić information content (AvgIpc) is 0.592. The summed E-state index contributed by atoms with van der Waals surface area (Å²) in [5.41, 5.74) is 0. The molecule has 0 bridgehead atoms. The molecule has 0 atom stereocenters. The molecule has 0 aliphatic rings. The van der Waals surface area contributed by atoms with E-state index in [-0.39, 0.29) is 19.5 Å². The second-order valence-electron chi connectivity index (χ2n) is 0.958. The Bertz CT molecular complexity index is 67.1. The molecule has 0 saturated heterocycles. The summed E-state index contributed by atoms with van der Waals surface area (Å²) in [6, 6.07) is 0. The van der Waals surface area contributed by atoms with E-state index >= 15 is 0 Å². The van der Waals surface area contributed by atoms with Gasteiger partial charge in [-0.15, -0.1) is 0 Å². The summed E-state index contributed by atoms with van der Waals surface area (Å²) in [6.07, 6.45) is 0. The number of halogens is 6. The Hall–Kier alpha value is 1.02. The molecule has 8 heavy (non-hydrogen) atoms. The molecule has 0 heterocycles. The minimum atomic E-state index is -11.2. The van der Waals surface area contributed by atoms with E-state index in [1.54, 1.807) is 0 Å². The van der Waals surface area contributed by atoms with E-state index < -0.39 is 19.5 Å². The van der Waals surface area contributed by atoms with E-state index in [0.717, 1.165) is 0 Å². The van der Waals surface area contributed by atoms with Gasteiger partial charge in [-0.2, -0.15) is 0 Å². The van der Waals surface area contributed by atoms with Gasteiger partial charge in [-0.25, -0.2) is 0 Å². The molecule has 0 aromatic rings. The Balaban J connectivity index is 0. The first-order chi connectivity index (χ1) is 2.45. The van der Waals surface area contributed by atoms with Crippen molar-refractivity contribution in [2.45, 2.75) is 0 Å². The summed E-state index contributed by atoms with van der Waals surface area (Å²) in [7, 11) is 0. The number of rotatable bonds is 0. The molecule has 0 radical (unpaired) electrons. The first-order valence-electron chi connectivity index (χ1n) is 1.01. The van der Waals surface area contributed by atoms with E-state index in [0.29, 0.717) is 0 Å². The van der Waals surface area contributed by atoms with Crippen LogP contribution < -0.4 is 0 Å². The quantitative estimate of drug-likeness (QED) is 0.469. The predicted octanol–water partition coefficient (Wildman–Crippen LogP) is 2.14. The molecule has 0 unspecified atom stereocenters. The van der Waals surface area contributed by atoms with Crippen molar-refractivity contribution >= 4 is 19.5 Å². The van der Waals surface area contributed by atoms with E-state index in [1.165, 1.54) is 0 Å². The fourth-order valence-corrected chi connectivity index (χ4v) is 0. The van der Waals surface area contributed by atoms with Crippen LogP contribution in [0.5, 0.6) is 0 Å². The fraction of sp³-hybridized carbons (Fsp3) is 0. The maximum absolute atomic E-state index is 11.2. The molecular weight excluding hydrogens is 339 g/mol. The molecule has 0 aliphatic carbocycles. The third kappa shape index (κ3) is 244. The Labute approximate surface area is 55.9 Å². The normalized spacial score (nSPS) is 20.2. The molecule has 0 aliphatic heterocycles. The van der Waals surface area contributed by atoms with E-state index in [1.807, 2.05) is 0 Å². The molecule has 0 amide bonds. The Morgan fingerprint density at radius 1 is 0.625 bits per heavy atom. The Morgan fingerprint density at radius 2 is 0.625 bits per heavy atom. The van der Waals surface area contributed by atoms with Crippen LogP contribution in [-0.4, -0.2) is 19.5 Å². The topological polar surface area (TPSA) is 0 Å². The molecule has 0 nitrogen and oxygen atoms in total. The Kier molecular flexibility index (Phi) is 2.27. The second-order valence-corrected chi connectivity index (χ2v) is 6.43. The van der Waals surface area contributed by atoms with Crippen LogP contribution in [0.2, 0.25) is 0 Å². The predicted molar refractivity (Wildman–Crippen MR) is 12.4 cm³/mol. The summed E-state index contributed by atoms with van der Waals surface area (Å²) in [6.45, 7) is 0. The zero-order chi connectivity index (χ0) is 6.41. The molecule has 56 valence electrons. The minimum Gasteiger partial charge on any atom is 1.00 e. The monoisotopic (exact) mass is 338 g/mol. The fourth-order valence-electron chi connectivity index (χ4n) is 0. The molecule has 8 heteroatoms. The molecule has 0 saturated carbocycles. The first-order valence-corrected chi connectivity index (χ1v) is 6.80. The summed E-state index contributed by atoms with van der Waals surface area (Å²) in [4.78, 5) is 0. The molecular formula is F6RhSb. The molecule has 0 aromatic carbocycles. The standard InChI is InChI=1S/6FH.Rh.Sb/h6*1H;;/q;;;;;;+1;+5/p-6. The smallest absolute Gasteiger partial charge is 1.00 e. The average molecular weight is 339 g/mol. The van der Waals surface area contributed by atoms with Crippen LogP contribution in [0.25, 0.3) is 0 Å². The summed E-state index contributed by atoms with van der Waals surface area (Å²) < 4.78 is 59.6. The SMILES string of the molecule is [F][Sb-]([F])([F])([F])([F])[F].[Rh+]. The van der Waals surface area contributed by atoms with Gasteiger partial charge in [0.25, 0.3) is 0 Å². The largest absolute Gasteiger partial charge is 1.00 e. The van der Waals surface area contributed by atoms with Gasteiger partial charge in [0.15, 0.2) is 0 Å². The van der Waals surface area contributed by atoms with Crippen molar-refractivity contribution in [3.8, 4) is 0 Å². The van der Waals surface area contributed by atoms with Crippen molar-refractivity contribution in [3.05, 3.63) is 0 Å². The maximum atomic E-state index is 9.93. The summed E-state index contributed by atoms with van der Waals surface area (Å²) in [5.74, 6) is 0. The van der Waals surface area contributed by atoms with Crippen LogP contribution in [0.15, 0.2) is 0 Å². The third-order valence-electron chi connectivity index (χ3n) is 0. The van der Waals surface area contributed by atoms with E-state index in [4.69, 9.17) is 0 Å². The summed E-state index contributed by atoms with van der Waals surface area (Å²) in [5, 5.41) is 0. The third-order valence-corrected chi connectivity index (χ3v) is 0. The van der Waals surface area contributed by atoms with Crippen molar-refractivity contribution in [3.63, 3.8) is 0 Å². The van der Waals surface area contributed by atoms with Crippen LogP contribution in [-0.2, 0) is 19.5 Å². The van der Waals surface area contributed by atoms with Gasteiger partial charge in [0.1, 0.15) is 0 Å². The van der Waals surface area contributed by atoms with E-state index in [9.17, 15) is 16.9 Å². The summed E-state index contributed by atoms with van der Waals surface area (Å²) >= 11 is -11.2. The molecule has 0 spiro atoms. The van der Waals surface area contributed by atoms with E-state index in [2.05, 4.69) is 0 Å². The van der Waals surface area contributed by atoms with Crippen LogP contribution in [0.4, 0.5) is 16.9 Å². The molecule has 0 aromatic heterocycles. The van der Waals surface area contributed by atoms with Gasteiger partial charge in [-0.05, 0) is 0 Å². The van der Waals surface area contributed by atoms with Crippen LogP contribution in [0.3, 0.4) is 0 Å². The maximum Gasteiger partial charge on any atom is 1.00 e. The van der Waals surface area contributed by atoms with Gasteiger partial charge in [0, 0.05) is 0 Å². The van der Waals surface area contributed by atoms with Crippen molar-refractivity contribution in [2.75, 3.05) is 0 Å². The van der Waals surface area contributed by atoms with Crippen molar-refractivity contribution in [1.82, 2.24) is 0 Å². The Morgan fingerprint density at radius 3 is 0.625 bits per heavy atom. The molecule has 0 N–H and O–H groups in total. The minimum absolute atomic E-state index is 0. The van der Waals surface area contributed by atoms with Crippen LogP contribution in [0.1, 0.15) is 0 Å². The van der Waals surface area contributed by atoms with Crippen LogP contribution in [0, 0.1) is 0 Å². The molecule has 0 rings (SSSR count). The zero-order valence-electron chi connectivity index (χ0n) is 3.05. The van der Waals surface area contributed by atoms with Gasteiger partial charge in [0.2, 0.25) is 0 Å². The van der Waals surface area contributed by atoms with Gasteiger partial charge in [0.05, 0.1) is 0 Å². The van der Waals surface area contributed by atoms with Crippen molar-refractivity contribution in [2.24, 2.45) is 0 Å².